The number of carbonyl (C=O) groups excluding carboxylic acids is 1. The number of hydrogen-bond donors (Lipinski definition) is 0. The molecule has 0 saturated carbocycles. The van der Waals surface area contributed by atoms with Crippen LogP contribution in [0.2, 0.25) is 0 Å². The fourth-order valence-electron chi connectivity index (χ4n) is 3.45. The molecule has 0 aliphatic rings. The number of esters is 1. The SMILES string of the molecule is C[C@H](F)CCCn1cc(C(=O)Oc2cccc3cccnc23)c2ccccc21. The number of fused-ring (bicyclic) bond motifs is 2. The lowest BCUT2D eigenvalue weighted by Crippen LogP contribution is -2.08. The molecule has 4 aromatic rings. The molecule has 5 heteroatoms. The normalized spacial score (nSPS) is 12.4. The fourth-order valence-corrected chi connectivity index (χ4v) is 3.45. The number of halogens is 1. The summed E-state index contributed by atoms with van der Waals surface area (Å²) in [6.45, 7) is 2.21. The monoisotopic (exact) mass is 376 g/mol. The van der Waals surface area contributed by atoms with Gasteiger partial charge in [-0.1, -0.05) is 36.4 Å². The summed E-state index contributed by atoms with van der Waals surface area (Å²) in [6, 6.07) is 17.0. The smallest absolute Gasteiger partial charge is 0.345 e. The van der Waals surface area contributed by atoms with Crippen LogP contribution in [0.1, 0.15) is 30.1 Å². The molecule has 1 atom stereocenters. The summed E-state index contributed by atoms with van der Waals surface area (Å²) in [5.41, 5.74) is 2.09. The summed E-state index contributed by atoms with van der Waals surface area (Å²) >= 11 is 0. The lowest BCUT2D eigenvalue weighted by molar-refractivity contribution is 0.0738. The van der Waals surface area contributed by atoms with Crippen LogP contribution < -0.4 is 4.74 Å². The van der Waals surface area contributed by atoms with Gasteiger partial charge in [0.05, 0.1) is 11.7 Å². The molecule has 0 bridgehead atoms. The Kier molecular flexibility index (Phi) is 5.06. The van der Waals surface area contributed by atoms with Gasteiger partial charge in [-0.3, -0.25) is 4.98 Å². The Balaban J connectivity index is 1.65. The average molecular weight is 376 g/mol. The van der Waals surface area contributed by atoms with Crippen molar-refractivity contribution < 1.29 is 13.9 Å². The van der Waals surface area contributed by atoms with Crippen molar-refractivity contribution in [3.8, 4) is 5.75 Å². The van der Waals surface area contributed by atoms with E-state index in [0.717, 1.165) is 16.3 Å². The van der Waals surface area contributed by atoms with Crippen molar-refractivity contribution in [1.29, 1.82) is 0 Å². The first-order chi connectivity index (χ1) is 13.6. The quantitative estimate of drug-likeness (QED) is 0.327. The summed E-state index contributed by atoms with van der Waals surface area (Å²) in [4.78, 5) is 17.3. The number of rotatable bonds is 6. The molecule has 0 spiro atoms. The Morgan fingerprint density at radius 2 is 1.96 bits per heavy atom. The second-order valence-corrected chi connectivity index (χ2v) is 6.90. The van der Waals surface area contributed by atoms with E-state index in [1.54, 1.807) is 25.4 Å². The Morgan fingerprint density at radius 1 is 1.14 bits per heavy atom. The van der Waals surface area contributed by atoms with E-state index >= 15 is 0 Å². The molecule has 0 aliphatic heterocycles. The van der Waals surface area contributed by atoms with Crippen LogP contribution in [0, 0.1) is 0 Å². The van der Waals surface area contributed by atoms with Gasteiger partial charge in [-0.25, -0.2) is 9.18 Å². The number of aromatic nitrogens is 2. The standard InChI is InChI=1S/C23H21FN2O2/c1-16(24)7-6-14-26-15-19(18-10-2-3-11-20(18)26)23(27)28-21-12-4-8-17-9-5-13-25-22(17)21/h2-5,8-13,15-16H,6-7,14H2,1H3/t16-/m0/s1. The number of hydrogen-bond acceptors (Lipinski definition) is 3. The van der Waals surface area contributed by atoms with E-state index in [2.05, 4.69) is 4.98 Å². The Morgan fingerprint density at radius 3 is 2.82 bits per heavy atom. The third-order valence-electron chi connectivity index (χ3n) is 4.81. The van der Waals surface area contributed by atoms with E-state index in [4.69, 9.17) is 4.74 Å². The van der Waals surface area contributed by atoms with E-state index in [-0.39, 0.29) is 0 Å². The zero-order valence-corrected chi connectivity index (χ0v) is 15.6. The number of ether oxygens (including phenoxy) is 1. The minimum Gasteiger partial charge on any atom is -0.421 e. The van der Waals surface area contributed by atoms with Crippen molar-refractivity contribution in [3.05, 3.63) is 72.6 Å². The Labute approximate surface area is 162 Å². The first kappa shape index (κ1) is 18.2. The molecule has 0 fully saturated rings. The third-order valence-corrected chi connectivity index (χ3v) is 4.81. The van der Waals surface area contributed by atoms with Gasteiger partial charge in [0, 0.05) is 35.2 Å². The van der Waals surface area contributed by atoms with Crippen molar-refractivity contribution in [3.63, 3.8) is 0 Å². The van der Waals surface area contributed by atoms with Gasteiger partial charge < -0.3 is 9.30 Å². The molecule has 0 amide bonds. The van der Waals surface area contributed by atoms with Crippen LogP contribution in [0.5, 0.6) is 5.75 Å². The number of nitrogens with zero attached hydrogens (tertiary/aromatic N) is 2. The molecule has 2 aromatic carbocycles. The largest absolute Gasteiger partial charge is 0.421 e. The molecule has 0 radical (unpaired) electrons. The number of pyridine rings is 1. The highest BCUT2D eigenvalue weighted by molar-refractivity contribution is 6.05. The van der Waals surface area contributed by atoms with Crippen molar-refractivity contribution >= 4 is 27.8 Å². The van der Waals surface area contributed by atoms with Crippen LogP contribution >= 0.6 is 0 Å². The van der Waals surface area contributed by atoms with Gasteiger partial charge in [-0.15, -0.1) is 0 Å². The number of benzene rings is 2. The number of alkyl halides is 1. The highest BCUT2D eigenvalue weighted by Crippen LogP contribution is 2.27. The fraction of sp³-hybridized carbons (Fsp3) is 0.217. The summed E-state index contributed by atoms with van der Waals surface area (Å²) in [6.07, 6.45) is 3.85. The third kappa shape index (κ3) is 3.60. The topological polar surface area (TPSA) is 44.1 Å². The van der Waals surface area contributed by atoms with Gasteiger partial charge >= 0.3 is 5.97 Å². The lowest BCUT2D eigenvalue weighted by Gasteiger charge is -2.06. The minimum absolute atomic E-state index is 0.424. The van der Waals surface area contributed by atoms with Gasteiger partial charge in [0.2, 0.25) is 0 Å². The highest BCUT2D eigenvalue weighted by Gasteiger charge is 2.18. The van der Waals surface area contributed by atoms with E-state index in [1.807, 2.05) is 53.1 Å². The molecular formula is C23H21FN2O2. The van der Waals surface area contributed by atoms with Crippen LogP contribution in [-0.4, -0.2) is 21.7 Å². The maximum Gasteiger partial charge on any atom is 0.345 e. The number of aryl methyl sites for hydroxylation is 1. The summed E-state index contributed by atoms with van der Waals surface area (Å²) in [5, 5.41) is 1.74. The van der Waals surface area contributed by atoms with E-state index in [9.17, 15) is 9.18 Å². The number of para-hydroxylation sites is 2. The van der Waals surface area contributed by atoms with Crippen LogP contribution in [-0.2, 0) is 6.54 Å². The van der Waals surface area contributed by atoms with Gasteiger partial charge in [-0.2, -0.15) is 0 Å². The molecule has 142 valence electrons. The molecule has 0 unspecified atom stereocenters. The second-order valence-electron chi connectivity index (χ2n) is 6.90. The van der Waals surface area contributed by atoms with Gasteiger partial charge in [0.15, 0.2) is 5.75 Å². The van der Waals surface area contributed by atoms with E-state index < -0.39 is 12.1 Å². The first-order valence-electron chi connectivity index (χ1n) is 9.41. The zero-order valence-electron chi connectivity index (χ0n) is 15.6. The Bertz CT molecular complexity index is 1130. The predicted molar refractivity (Wildman–Crippen MR) is 108 cm³/mol. The van der Waals surface area contributed by atoms with Crippen LogP contribution in [0.3, 0.4) is 0 Å². The maximum absolute atomic E-state index is 13.1. The van der Waals surface area contributed by atoms with E-state index in [0.29, 0.717) is 36.2 Å². The highest BCUT2D eigenvalue weighted by atomic mass is 19.1. The van der Waals surface area contributed by atoms with E-state index in [1.165, 1.54) is 0 Å². The molecule has 0 saturated heterocycles. The maximum atomic E-state index is 13.1. The molecule has 4 rings (SSSR count). The zero-order chi connectivity index (χ0) is 19.5. The van der Waals surface area contributed by atoms with Crippen molar-refractivity contribution in [2.24, 2.45) is 0 Å². The van der Waals surface area contributed by atoms with Crippen molar-refractivity contribution in [2.45, 2.75) is 32.5 Å². The Hall–Kier alpha value is -3.21. The molecule has 2 heterocycles. The summed E-state index contributed by atoms with van der Waals surface area (Å²) < 4.78 is 20.8. The second kappa shape index (κ2) is 7.80. The first-order valence-corrected chi connectivity index (χ1v) is 9.41. The number of carbonyl (C=O) groups is 1. The molecule has 2 aromatic heterocycles. The lowest BCUT2D eigenvalue weighted by atomic mass is 10.2. The predicted octanol–water partition coefficient (Wildman–Crippen LogP) is 5.55. The van der Waals surface area contributed by atoms with Crippen LogP contribution in [0.15, 0.2) is 67.0 Å². The molecular weight excluding hydrogens is 355 g/mol. The van der Waals surface area contributed by atoms with Crippen molar-refractivity contribution in [2.75, 3.05) is 0 Å². The van der Waals surface area contributed by atoms with Gasteiger partial charge in [-0.05, 0) is 38.0 Å². The molecule has 4 nitrogen and oxygen atoms in total. The molecule has 0 N–H and O–H groups in total. The average Bonchev–Trinajstić information content (AvgIpc) is 3.07. The van der Waals surface area contributed by atoms with Gasteiger partial charge in [0.25, 0.3) is 0 Å². The van der Waals surface area contributed by atoms with Crippen LogP contribution in [0.4, 0.5) is 4.39 Å². The minimum atomic E-state index is -0.829. The van der Waals surface area contributed by atoms with Gasteiger partial charge in [0.1, 0.15) is 5.52 Å². The van der Waals surface area contributed by atoms with Crippen molar-refractivity contribution in [1.82, 2.24) is 9.55 Å². The summed E-state index contributed by atoms with van der Waals surface area (Å²) in [5.74, 6) is 0.0122. The van der Waals surface area contributed by atoms with Crippen LogP contribution in [0.25, 0.3) is 21.8 Å². The molecule has 28 heavy (non-hydrogen) atoms. The summed E-state index contributed by atoms with van der Waals surface area (Å²) in [7, 11) is 0. The molecule has 0 aliphatic carbocycles.